The van der Waals surface area contributed by atoms with Crippen molar-refractivity contribution in [2.45, 2.75) is 113 Å². The SMILES string of the molecule is CC(C)Oc1ccccc1[C@@H]1CCCN1C1CC2(CCN(c3ccc(C(=O)NS(=O)(=O)c4cc5c(c([N+](=O)[O-])c4)N[C@H](CN4CCN(S(=O)(=O)C(C)C)CC4)CO5)c(N4c5cc6cc[nH]c6nc5O[C@@H]5COC[C@H]54)c3)CC2)C1. The molecule has 12 rings (SSSR count). The molecule has 23 heteroatoms. The zero-order chi connectivity index (χ0) is 54.3. The molecule has 4 atom stereocenters. The predicted molar refractivity (Wildman–Crippen MR) is 294 cm³/mol. The maximum atomic E-state index is 14.8. The number of hydrogen-bond acceptors (Lipinski definition) is 17. The molecule has 1 aliphatic carbocycles. The molecule has 0 radical (unpaired) electrons. The third kappa shape index (κ3) is 9.77. The van der Waals surface area contributed by atoms with Crippen LogP contribution in [0, 0.1) is 15.5 Å². The van der Waals surface area contributed by atoms with E-state index in [4.69, 9.17) is 23.9 Å². The number of ether oxygens (including phenoxy) is 4. The fourth-order valence-electron chi connectivity index (χ4n) is 13.0. The van der Waals surface area contributed by atoms with Gasteiger partial charge in [-0.15, -0.1) is 0 Å². The average molecular weight is 1110 g/mol. The molecule has 5 aromatic rings. The van der Waals surface area contributed by atoms with Crippen molar-refractivity contribution in [1.82, 2.24) is 28.8 Å². The van der Waals surface area contributed by atoms with Crippen molar-refractivity contribution in [3.05, 3.63) is 94.2 Å². The number of piperazine rings is 1. The number of fused-ring (bicyclic) bond motifs is 4. The number of anilines is 4. The van der Waals surface area contributed by atoms with Crippen LogP contribution in [0.1, 0.15) is 88.2 Å². The van der Waals surface area contributed by atoms with Gasteiger partial charge in [-0.1, -0.05) is 18.2 Å². The molecule has 0 unspecified atom stereocenters. The number of piperidine rings is 1. The lowest BCUT2D eigenvalue weighted by molar-refractivity contribution is -0.384. The average Bonchev–Trinajstić information content (AvgIpc) is 4.33. The molecule has 1 spiro atoms. The monoisotopic (exact) mass is 1110 g/mol. The summed E-state index contributed by atoms with van der Waals surface area (Å²) in [5.41, 5.74) is 3.58. The molecule has 416 valence electrons. The summed E-state index contributed by atoms with van der Waals surface area (Å²) in [5, 5.41) is 16.1. The molecule has 3 N–H and O–H groups in total. The summed E-state index contributed by atoms with van der Waals surface area (Å²) in [6.07, 6.45) is 8.03. The molecular formula is C55H68N10O11S2. The Bertz CT molecular complexity index is 3350. The number of likely N-dealkylation sites (tertiary alicyclic amines) is 1. The van der Waals surface area contributed by atoms with Gasteiger partial charge in [0.25, 0.3) is 21.6 Å². The number of pyridine rings is 1. The van der Waals surface area contributed by atoms with Crippen molar-refractivity contribution in [3.8, 4) is 17.4 Å². The second kappa shape index (κ2) is 20.5. The molecule has 3 aromatic carbocycles. The second-order valence-electron chi connectivity index (χ2n) is 22.7. The number of carbonyl (C=O) groups is 1. The Morgan fingerprint density at radius 1 is 0.923 bits per heavy atom. The maximum absolute atomic E-state index is 14.8. The highest BCUT2D eigenvalue weighted by molar-refractivity contribution is 7.90. The highest BCUT2D eigenvalue weighted by Gasteiger charge is 2.51. The third-order valence-corrected chi connectivity index (χ3v) is 20.7. The van der Waals surface area contributed by atoms with E-state index in [0.29, 0.717) is 67.7 Å². The Hall–Kier alpha value is -6.24. The van der Waals surface area contributed by atoms with Gasteiger partial charge in [0.2, 0.25) is 15.9 Å². The van der Waals surface area contributed by atoms with Crippen LogP contribution >= 0.6 is 0 Å². The number of benzene rings is 3. The van der Waals surface area contributed by atoms with Gasteiger partial charge in [0, 0.05) is 92.9 Å². The number of nitro groups is 1. The van der Waals surface area contributed by atoms with E-state index in [1.54, 1.807) is 26.1 Å². The van der Waals surface area contributed by atoms with E-state index in [2.05, 4.69) is 67.8 Å². The Balaban J connectivity index is 0.791. The highest BCUT2D eigenvalue weighted by atomic mass is 32.2. The first-order valence-corrected chi connectivity index (χ1v) is 30.3. The van der Waals surface area contributed by atoms with Crippen LogP contribution in [0.15, 0.2) is 77.8 Å². The van der Waals surface area contributed by atoms with Crippen molar-refractivity contribution in [2.75, 3.05) is 87.3 Å². The van der Waals surface area contributed by atoms with Crippen molar-refractivity contribution < 1.29 is 45.5 Å². The lowest BCUT2D eigenvalue weighted by atomic mass is 9.60. The zero-order valence-electron chi connectivity index (χ0n) is 44.4. The second-order valence-corrected chi connectivity index (χ2v) is 26.8. The van der Waals surface area contributed by atoms with E-state index >= 15 is 0 Å². The number of H-pyrrole nitrogens is 1. The number of nitrogens with one attached hydrogen (secondary N) is 3. The molecule has 7 aliphatic rings. The van der Waals surface area contributed by atoms with Crippen LogP contribution in [0.4, 0.5) is 28.4 Å². The summed E-state index contributed by atoms with van der Waals surface area (Å²) in [7, 11) is -8.16. The lowest BCUT2D eigenvalue weighted by Crippen LogP contribution is -2.55. The molecule has 2 aromatic heterocycles. The molecule has 8 heterocycles. The smallest absolute Gasteiger partial charge is 0.297 e. The number of carbonyl (C=O) groups excluding carboxylic acids is 1. The van der Waals surface area contributed by atoms with Crippen molar-refractivity contribution in [2.24, 2.45) is 5.41 Å². The van der Waals surface area contributed by atoms with E-state index < -0.39 is 64.9 Å². The van der Waals surface area contributed by atoms with Gasteiger partial charge in [-0.2, -0.15) is 9.29 Å². The molecule has 78 heavy (non-hydrogen) atoms. The van der Waals surface area contributed by atoms with Gasteiger partial charge >= 0.3 is 0 Å². The van der Waals surface area contributed by atoms with Crippen LogP contribution < -0.4 is 34.0 Å². The minimum Gasteiger partial charge on any atom is -0.491 e. The molecule has 1 amide bonds. The van der Waals surface area contributed by atoms with Gasteiger partial charge in [-0.05, 0) is 115 Å². The predicted octanol–water partition coefficient (Wildman–Crippen LogP) is 6.79. The number of amides is 1. The molecule has 1 saturated carbocycles. The standard InChI is InChI=1S/C55H68N10O11S2/c1-34(2)75-48-10-6-5-8-41(48)43-9-7-17-63(43)39-28-55(29-39)14-18-61(19-15-55)38-11-12-42(44(25-38)64-46-24-36-13-16-56-52(36)58-54(46)76-50-33-73-32-47(50)64)53(66)59-77(69,70)40-26-45(65(67)68)51-49(27-40)74-31-37(57-51)30-60-20-22-62(23-21-60)78(71,72)35(3)4/h5-6,8,10-13,16,24-27,34-35,37,39,43,47,50,57H,7,9,14-15,17-23,28-33H2,1-4H3,(H,56,58)(H,59,66)/t37-,43+,47-,50-/m1/s1. The van der Waals surface area contributed by atoms with Crippen LogP contribution in [-0.2, 0) is 24.8 Å². The summed E-state index contributed by atoms with van der Waals surface area (Å²) in [4.78, 5) is 43.4. The largest absolute Gasteiger partial charge is 0.491 e. The van der Waals surface area contributed by atoms with Gasteiger partial charge in [-0.3, -0.25) is 24.7 Å². The summed E-state index contributed by atoms with van der Waals surface area (Å²) in [6, 6.07) is 20.0. The highest BCUT2D eigenvalue weighted by Crippen LogP contribution is 2.55. The number of sulfonamides is 2. The van der Waals surface area contributed by atoms with Crippen LogP contribution in [0.25, 0.3) is 11.0 Å². The van der Waals surface area contributed by atoms with Crippen LogP contribution in [0.2, 0.25) is 0 Å². The van der Waals surface area contributed by atoms with E-state index in [1.807, 2.05) is 29.2 Å². The summed E-state index contributed by atoms with van der Waals surface area (Å²) >= 11 is 0. The fourth-order valence-corrected chi connectivity index (χ4v) is 15.3. The number of aromatic amines is 1. The third-order valence-electron chi connectivity index (χ3n) is 17.1. The maximum Gasteiger partial charge on any atom is 0.297 e. The Morgan fingerprint density at radius 2 is 1.71 bits per heavy atom. The summed E-state index contributed by atoms with van der Waals surface area (Å²) < 4.78 is 82.8. The van der Waals surface area contributed by atoms with Crippen molar-refractivity contribution in [3.63, 3.8) is 0 Å². The molecule has 6 aliphatic heterocycles. The molecular weight excluding hydrogens is 1040 g/mol. The number of rotatable bonds is 14. The lowest BCUT2D eigenvalue weighted by Gasteiger charge is -2.56. The Morgan fingerprint density at radius 3 is 2.46 bits per heavy atom. The van der Waals surface area contributed by atoms with E-state index in [0.717, 1.165) is 81.0 Å². The zero-order valence-corrected chi connectivity index (χ0v) is 46.1. The first-order chi connectivity index (χ1) is 37.4. The van der Waals surface area contributed by atoms with Gasteiger partial charge in [0.15, 0.2) is 11.4 Å². The van der Waals surface area contributed by atoms with Crippen molar-refractivity contribution >= 4 is 65.4 Å². The van der Waals surface area contributed by atoms with Crippen molar-refractivity contribution in [1.29, 1.82) is 0 Å². The minimum absolute atomic E-state index is 0.0140. The summed E-state index contributed by atoms with van der Waals surface area (Å²) in [6.45, 7) is 12.7. The van der Waals surface area contributed by atoms with Gasteiger partial charge in [0.1, 0.15) is 29.8 Å². The van der Waals surface area contributed by atoms with E-state index in [-0.39, 0.29) is 48.3 Å². The van der Waals surface area contributed by atoms with Crippen LogP contribution in [-0.4, -0.2) is 160 Å². The minimum atomic E-state index is -4.76. The molecule has 0 bridgehead atoms. The number of para-hydroxylation sites is 1. The van der Waals surface area contributed by atoms with E-state index in [1.165, 1.54) is 15.9 Å². The quantitative estimate of drug-likeness (QED) is 0.0767. The number of nitrogens with zero attached hydrogens (tertiary/aromatic N) is 7. The normalized spacial score (nSPS) is 23.8. The fraction of sp³-hybridized carbons (Fsp3) is 0.527. The number of nitro benzene ring substituents is 1. The first kappa shape index (κ1) is 52.5. The number of hydrogen-bond donors (Lipinski definition) is 3. The molecule has 4 saturated heterocycles. The first-order valence-electron chi connectivity index (χ1n) is 27.4. The Labute approximate surface area is 454 Å². The van der Waals surface area contributed by atoms with Gasteiger partial charge < -0.3 is 39.0 Å². The molecule has 21 nitrogen and oxygen atoms in total. The molecule has 5 fully saturated rings. The summed E-state index contributed by atoms with van der Waals surface area (Å²) in [5.74, 6) is 0.335. The van der Waals surface area contributed by atoms with E-state index in [9.17, 15) is 31.7 Å². The number of aromatic nitrogens is 2. The van der Waals surface area contributed by atoms with Gasteiger partial charge in [-0.25, -0.2) is 21.6 Å². The van der Waals surface area contributed by atoms with Gasteiger partial charge in [0.05, 0.1) is 57.7 Å². The topological polar surface area (TPSA) is 234 Å². The van der Waals surface area contributed by atoms with Crippen LogP contribution in [0.3, 0.4) is 0 Å². The Kier molecular flexibility index (Phi) is 13.8. The van der Waals surface area contributed by atoms with Crippen LogP contribution in [0.5, 0.6) is 17.4 Å².